The van der Waals surface area contributed by atoms with E-state index >= 15 is 0 Å². The topological polar surface area (TPSA) is 67.7 Å². The Labute approximate surface area is 155 Å². The van der Waals surface area contributed by atoms with Gasteiger partial charge in [-0.3, -0.25) is 4.68 Å². The molecule has 26 heavy (non-hydrogen) atoms. The molecule has 0 saturated carbocycles. The van der Waals surface area contributed by atoms with Gasteiger partial charge < -0.3 is 9.64 Å². The van der Waals surface area contributed by atoms with Crippen LogP contribution in [0, 0.1) is 6.92 Å². The van der Waals surface area contributed by atoms with E-state index in [0.29, 0.717) is 25.3 Å². The van der Waals surface area contributed by atoms with Crippen molar-refractivity contribution in [1.29, 1.82) is 0 Å². The Morgan fingerprint density at radius 1 is 1.27 bits per heavy atom. The lowest BCUT2D eigenvalue weighted by atomic mass is 9.99. The van der Waals surface area contributed by atoms with Crippen LogP contribution < -0.4 is 0 Å². The van der Waals surface area contributed by atoms with E-state index in [1.807, 2.05) is 49.3 Å². The van der Waals surface area contributed by atoms with Crippen LogP contribution in [0.15, 0.2) is 41.6 Å². The van der Waals surface area contributed by atoms with Gasteiger partial charge in [0.2, 0.25) is 0 Å². The second-order valence-electron chi connectivity index (χ2n) is 6.90. The molecule has 0 aliphatic carbocycles. The summed E-state index contributed by atoms with van der Waals surface area (Å²) in [6.45, 7) is 3.10. The number of hydrogen-bond acceptors (Lipinski definition) is 5. The maximum atomic E-state index is 13.5. The van der Waals surface area contributed by atoms with Crippen LogP contribution in [0.5, 0.6) is 0 Å². The summed E-state index contributed by atoms with van der Waals surface area (Å²) in [6.07, 6.45) is 1.34. The molecule has 1 saturated heterocycles. The number of hydrogen-bond donors (Lipinski definition) is 0. The molecule has 1 fully saturated rings. The number of likely N-dealkylation sites (N-methyl/N-ethyl adjacent to an activating group) is 1. The molecule has 0 spiro atoms. The van der Waals surface area contributed by atoms with Crippen molar-refractivity contribution in [1.82, 2.24) is 19.0 Å². The molecule has 3 rings (SSSR count). The van der Waals surface area contributed by atoms with Crippen molar-refractivity contribution >= 4 is 10.0 Å². The number of rotatable bonds is 5. The molecule has 0 unspecified atom stereocenters. The Morgan fingerprint density at radius 3 is 2.54 bits per heavy atom. The normalized spacial score (nSPS) is 22.0. The molecule has 2 heterocycles. The van der Waals surface area contributed by atoms with E-state index in [9.17, 15) is 8.42 Å². The van der Waals surface area contributed by atoms with Gasteiger partial charge in [0.15, 0.2) is 5.03 Å². The van der Waals surface area contributed by atoms with Gasteiger partial charge in [-0.05, 0) is 26.6 Å². The number of morpholine rings is 1. The first-order valence-electron chi connectivity index (χ1n) is 8.64. The standard InChI is InChI=1S/C18H26N4O3S/c1-14-12-19-21(4)18(14)26(23,24)22-10-11-25-16(13-20(2)3)17(22)15-8-6-5-7-9-15/h5-9,12,16-17H,10-11,13H2,1-4H3/t16-,17-/m0/s1. The largest absolute Gasteiger partial charge is 0.373 e. The van der Waals surface area contributed by atoms with Crippen LogP contribution in [0.3, 0.4) is 0 Å². The van der Waals surface area contributed by atoms with Crippen LogP contribution in [0.25, 0.3) is 0 Å². The lowest BCUT2D eigenvalue weighted by molar-refractivity contribution is -0.0515. The predicted octanol–water partition coefficient (Wildman–Crippen LogP) is 1.42. The highest BCUT2D eigenvalue weighted by molar-refractivity contribution is 7.89. The molecule has 0 bridgehead atoms. The molecular formula is C18H26N4O3S. The van der Waals surface area contributed by atoms with E-state index in [1.165, 1.54) is 4.68 Å². The summed E-state index contributed by atoms with van der Waals surface area (Å²) >= 11 is 0. The first-order valence-corrected chi connectivity index (χ1v) is 10.1. The molecule has 2 aromatic rings. The zero-order valence-corrected chi connectivity index (χ0v) is 16.5. The molecule has 8 heteroatoms. The lowest BCUT2D eigenvalue weighted by Gasteiger charge is -2.41. The Morgan fingerprint density at radius 2 is 1.96 bits per heavy atom. The van der Waals surface area contributed by atoms with Crippen LogP contribution in [0.4, 0.5) is 0 Å². The molecule has 142 valence electrons. The molecule has 1 aliphatic heterocycles. The quantitative estimate of drug-likeness (QED) is 0.787. The third-order valence-corrected chi connectivity index (χ3v) is 6.70. The highest BCUT2D eigenvalue weighted by Crippen LogP contribution is 2.35. The molecule has 0 radical (unpaired) electrons. The van der Waals surface area contributed by atoms with Crippen LogP contribution in [0.2, 0.25) is 0 Å². The predicted molar refractivity (Wildman–Crippen MR) is 99.3 cm³/mol. The van der Waals surface area contributed by atoms with Gasteiger partial charge in [0.05, 0.1) is 24.9 Å². The van der Waals surface area contributed by atoms with Crippen LogP contribution in [-0.4, -0.2) is 67.3 Å². The third kappa shape index (κ3) is 3.55. The van der Waals surface area contributed by atoms with Gasteiger partial charge in [-0.25, -0.2) is 8.42 Å². The summed E-state index contributed by atoms with van der Waals surface area (Å²) in [5.41, 5.74) is 1.58. The second-order valence-corrected chi connectivity index (χ2v) is 8.70. The Hall–Kier alpha value is -1.74. The SMILES string of the molecule is Cc1cnn(C)c1S(=O)(=O)N1CCO[C@@H](CN(C)C)[C@@H]1c1ccccc1. The van der Waals surface area contributed by atoms with Gasteiger partial charge in [0, 0.05) is 25.7 Å². The van der Waals surface area contributed by atoms with E-state index in [4.69, 9.17) is 4.74 Å². The summed E-state index contributed by atoms with van der Waals surface area (Å²) in [5, 5.41) is 4.35. The Bertz CT molecular complexity index is 829. The number of aryl methyl sites for hydroxylation is 2. The zero-order chi connectivity index (χ0) is 18.9. The number of aromatic nitrogens is 2. The van der Waals surface area contributed by atoms with Crippen molar-refractivity contribution in [3.05, 3.63) is 47.7 Å². The van der Waals surface area contributed by atoms with Gasteiger partial charge in [-0.2, -0.15) is 9.40 Å². The van der Waals surface area contributed by atoms with E-state index in [0.717, 1.165) is 5.56 Å². The van der Waals surface area contributed by atoms with Crippen molar-refractivity contribution < 1.29 is 13.2 Å². The average molecular weight is 378 g/mol. The van der Waals surface area contributed by atoms with Crippen LogP contribution in [-0.2, 0) is 21.8 Å². The van der Waals surface area contributed by atoms with Gasteiger partial charge >= 0.3 is 0 Å². The number of ether oxygens (including phenoxy) is 1. The molecule has 0 amide bonds. The third-order valence-electron chi connectivity index (χ3n) is 4.60. The molecule has 1 aromatic carbocycles. The van der Waals surface area contributed by atoms with E-state index in [1.54, 1.807) is 24.5 Å². The fraction of sp³-hybridized carbons (Fsp3) is 0.500. The maximum Gasteiger partial charge on any atom is 0.261 e. The highest BCUT2D eigenvalue weighted by Gasteiger charge is 2.42. The van der Waals surface area contributed by atoms with E-state index in [-0.39, 0.29) is 17.2 Å². The minimum atomic E-state index is -3.71. The Balaban J connectivity index is 2.08. The highest BCUT2D eigenvalue weighted by atomic mass is 32.2. The smallest absolute Gasteiger partial charge is 0.261 e. The first kappa shape index (κ1) is 19.0. The maximum absolute atomic E-state index is 13.5. The minimum absolute atomic E-state index is 0.240. The van der Waals surface area contributed by atoms with Gasteiger partial charge in [0.1, 0.15) is 0 Å². The van der Waals surface area contributed by atoms with E-state index in [2.05, 4.69) is 5.10 Å². The van der Waals surface area contributed by atoms with E-state index < -0.39 is 10.0 Å². The first-order chi connectivity index (χ1) is 12.3. The van der Waals surface area contributed by atoms with Gasteiger partial charge in [-0.1, -0.05) is 30.3 Å². The van der Waals surface area contributed by atoms with Gasteiger partial charge in [-0.15, -0.1) is 0 Å². The van der Waals surface area contributed by atoms with Crippen LogP contribution >= 0.6 is 0 Å². The van der Waals surface area contributed by atoms with Crippen molar-refractivity contribution in [2.45, 2.75) is 24.1 Å². The summed E-state index contributed by atoms with van der Waals surface area (Å²) < 4.78 is 36.0. The van der Waals surface area contributed by atoms with Crippen molar-refractivity contribution in [2.75, 3.05) is 33.8 Å². The fourth-order valence-corrected chi connectivity index (χ4v) is 5.47. The van der Waals surface area contributed by atoms with Crippen molar-refractivity contribution in [3.63, 3.8) is 0 Å². The number of sulfonamides is 1. The molecule has 0 N–H and O–H groups in total. The molecular weight excluding hydrogens is 352 g/mol. The monoisotopic (exact) mass is 378 g/mol. The van der Waals surface area contributed by atoms with Crippen LogP contribution in [0.1, 0.15) is 17.2 Å². The molecule has 7 nitrogen and oxygen atoms in total. The molecule has 2 atom stereocenters. The second kappa shape index (κ2) is 7.48. The number of nitrogens with zero attached hydrogens (tertiary/aromatic N) is 4. The lowest BCUT2D eigenvalue weighted by Crippen LogP contribution is -2.51. The summed E-state index contributed by atoms with van der Waals surface area (Å²) in [7, 11) is 1.88. The fourth-order valence-electron chi connectivity index (χ4n) is 3.54. The van der Waals surface area contributed by atoms with Crippen molar-refractivity contribution in [2.24, 2.45) is 7.05 Å². The molecule has 1 aliphatic rings. The summed E-state index contributed by atoms with van der Waals surface area (Å²) in [6, 6.07) is 9.32. The summed E-state index contributed by atoms with van der Waals surface area (Å²) in [4.78, 5) is 2.02. The average Bonchev–Trinajstić information content (AvgIpc) is 2.94. The minimum Gasteiger partial charge on any atom is -0.373 e. The van der Waals surface area contributed by atoms with Gasteiger partial charge in [0.25, 0.3) is 10.0 Å². The van der Waals surface area contributed by atoms with Crippen molar-refractivity contribution in [3.8, 4) is 0 Å². The zero-order valence-electron chi connectivity index (χ0n) is 15.7. The summed E-state index contributed by atoms with van der Waals surface area (Å²) in [5.74, 6) is 0. The molecule has 1 aromatic heterocycles. The number of benzene rings is 1. The Kier molecular flexibility index (Phi) is 5.47.